The zero-order chi connectivity index (χ0) is 15.0. The molecule has 0 saturated heterocycles. The van der Waals surface area contributed by atoms with Gasteiger partial charge in [-0.15, -0.1) is 0 Å². The van der Waals surface area contributed by atoms with E-state index in [1.165, 1.54) is 0 Å². The minimum absolute atomic E-state index is 0.00673. The van der Waals surface area contributed by atoms with Gasteiger partial charge in [-0.3, -0.25) is 9.59 Å². The minimum Gasteiger partial charge on any atom is -0.481 e. The topological polar surface area (TPSA) is 57.6 Å². The molecule has 0 saturated carbocycles. The van der Waals surface area contributed by atoms with Crippen LogP contribution < -0.4 is 0 Å². The van der Waals surface area contributed by atoms with E-state index in [0.717, 1.165) is 18.4 Å². The maximum absolute atomic E-state index is 12.6. The number of rotatable bonds is 8. The molecule has 0 radical (unpaired) electrons. The number of nitrogens with zero attached hydrogens (tertiary/aromatic N) is 1. The third-order valence-electron chi connectivity index (χ3n) is 3.37. The van der Waals surface area contributed by atoms with Crippen LogP contribution in [-0.4, -0.2) is 35.0 Å². The molecule has 110 valence electrons. The average Bonchev–Trinajstić information content (AvgIpc) is 2.45. The molecule has 0 spiro atoms. The molecule has 1 unspecified atom stereocenters. The van der Waals surface area contributed by atoms with Crippen molar-refractivity contribution in [2.45, 2.75) is 39.0 Å². The smallest absolute Gasteiger partial charge is 0.305 e. The van der Waals surface area contributed by atoms with E-state index in [2.05, 4.69) is 6.92 Å². The number of aliphatic carboxylic acids is 1. The van der Waals surface area contributed by atoms with Crippen molar-refractivity contribution in [3.8, 4) is 0 Å². The number of carbonyl (C=O) groups is 2. The van der Waals surface area contributed by atoms with Crippen LogP contribution in [0.15, 0.2) is 30.3 Å². The molecule has 0 aliphatic carbocycles. The predicted molar refractivity (Wildman–Crippen MR) is 78.6 cm³/mol. The molecule has 4 heteroatoms. The third kappa shape index (κ3) is 4.68. The van der Waals surface area contributed by atoms with Crippen LogP contribution in [-0.2, 0) is 9.59 Å². The number of likely N-dealkylation sites (N-methyl/N-ethyl adjacent to an activating group) is 1. The van der Waals surface area contributed by atoms with E-state index in [1.807, 2.05) is 37.3 Å². The van der Waals surface area contributed by atoms with E-state index in [0.29, 0.717) is 6.54 Å². The van der Waals surface area contributed by atoms with Gasteiger partial charge in [-0.25, -0.2) is 0 Å². The summed E-state index contributed by atoms with van der Waals surface area (Å²) < 4.78 is 0. The van der Waals surface area contributed by atoms with Crippen LogP contribution in [0, 0.1) is 0 Å². The van der Waals surface area contributed by atoms with Gasteiger partial charge in [0, 0.05) is 13.1 Å². The number of carboxylic acids is 1. The second-order valence-electron chi connectivity index (χ2n) is 4.81. The van der Waals surface area contributed by atoms with Gasteiger partial charge in [0.05, 0.1) is 12.3 Å². The highest BCUT2D eigenvalue weighted by molar-refractivity contribution is 5.84. The molecular weight excluding hydrogens is 254 g/mol. The van der Waals surface area contributed by atoms with Crippen molar-refractivity contribution in [1.29, 1.82) is 0 Å². The number of benzene rings is 1. The van der Waals surface area contributed by atoms with Gasteiger partial charge in [0.25, 0.3) is 0 Å². The molecule has 0 aromatic heterocycles. The normalized spacial score (nSPS) is 11.9. The Morgan fingerprint density at radius 3 is 2.35 bits per heavy atom. The summed E-state index contributed by atoms with van der Waals surface area (Å²) in [4.78, 5) is 24.9. The minimum atomic E-state index is -0.872. The van der Waals surface area contributed by atoms with E-state index in [1.54, 1.807) is 4.90 Å². The van der Waals surface area contributed by atoms with Crippen molar-refractivity contribution in [3.63, 3.8) is 0 Å². The van der Waals surface area contributed by atoms with Crippen molar-refractivity contribution in [2.75, 3.05) is 13.1 Å². The van der Waals surface area contributed by atoms with E-state index in [4.69, 9.17) is 5.11 Å². The van der Waals surface area contributed by atoms with Crippen LogP contribution in [0.3, 0.4) is 0 Å². The largest absolute Gasteiger partial charge is 0.481 e. The summed E-state index contributed by atoms with van der Waals surface area (Å²) >= 11 is 0. The second-order valence-corrected chi connectivity index (χ2v) is 4.81. The number of hydrogen-bond donors (Lipinski definition) is 1. The van der Waals surface area contributed by atoms with Crippen molar-refractivity contribution in [2.24, 2.45) is 0 Å². The molecular formula is C16H23NO3. The lowest BCUT2D eigenvalue weighted by Crippen LogP contribution is -2.36. The molecule has 20 heavy (non-hydrogen) atoms. The Morgan fingerprint density at radius 1 is 1.20 bits per heavy atom. The Morgan fingerprint density at radius 2 is 1.85 bits per heavy atom. The standard InChI is InChI=1S/C16H23NO3/c1-3-8-14(13-9-6-5-7-10-13)16(20)17(4-2)12-11-15(18)19/h5-7,9-10,14H,3-4,8,11-12H2,1-2H3,(H,18,19). The van der Waals surface area contributed by atoms with Gasteiger partial charge in [0.1, 0.15) is 0 Å². The van der Waals surface area contributed by atoms with Gasteiger partial charge in [-0.1, -0.05) is 43.7 Å². The lowest BCUT2D eigenvalue weighted by Gasteiger charge is -2.26. The molecule has 1 rings (SSSR count). The summed E-state index contributed by atoms with van der Waals surface area (Å²) in [6.45, 7) is 4.75. The fourth-order valence-electron chi connectivity index (χ4n) is 2.28. The van der Waals surface area contributed by atoms with E-state index in [-0.39, 0.29) is 24.8 Å². The van der Waals surface area contributed by atoms with Crippen LogP contribution in [0.2, 0.25) is 0 Å². The Hall–Kier alpha value is -1.84. The van der Waals surface area contributed by atoms with Crippen LogP contribution in [0.5, 0.6) is 0 Å². The maximum atomic E-state index is 12.6. The zero-order valence-corrected chi connectivity index (χ0v) is 12.2. The third-order valence-corrected chi connectivity index (χ3v) is 3.37. The Kier molecular flexibility index (Phi) is 6.77. The van der Waals surface area contributed by atoms with Crippen molar-refractivity contribution in [1.82, 2.24) is 4.90 Å². The molecule has 0 heterocycles. The number of hydrogen-bond acceptors (Lipinski definition) is 2. The molecule has 0 aliphatic rings. The van der Waals surface area contributed by atoms with Crippen molar-refractivity contribution in [3.05, 3.63) is 35.9 Å². The number of carbonyl (C=O) groups excluding carboxylic acids is 1. The first-order valence-electron chi connectivity index (χ1n) is 7.15. The number of amides is 1. The van der Waals surface area contributed by atoms with Crippen molar-refractivity contribution >= 4 is 11.9 Å². The fraction of sp³-hybridized carbons (Fsp3) is 0.500. The zero-order valence-electron chi connectivity index (χ0n) is 12.2. The Bertz CT molecular complexity index is 431. The highest BCUT2D eigenvalue weighted by Gasteiger charge is 2.24. The highest BCUT2D eigenvalue weighted by Crippen LogP contribution is 2.23. The second kappa shape index (κ2) is 8.35. The van der Waals surface area contributed by atoms with Crippen LogP contribution in [0.4, 0.5) is 0 Å². The lowest BCUT2D eigenvalue weighted by molar-refractivity contribution is -0.138. The van der Waals surface area contributed by atoms with Gasteiger partial charge in [0.2, 0.25) is 5.91 Å². The molecule has 1 amide bonds. The lowest BCUT2D eigenvalue weighted by atomic mass is 9.93. The highest BCUT2D eigenvalue weighted by atomic mass is 16.4. The van der Waals surface area contributed by atoms with Gasteiger partial charge in [-0.2, -0.15) is 0 Å². The first-order chi connectivity index (χ1) is 9.60. The average molecular weight is 277 g/mol. The molecule has 0 aliphatic heterocycles. The summed E-state index contributed by atoms with van der Waals surface area (Å²) in [5.41, 5.74) is 1.01. The summed E-state index contributed by atoms with van der Waals surface area (Å²) in [5, 5.41) is 8.76. The van der Waals surface area contributed by atoms with Gasteiger partial charge in [-0.05, 0) is 18.9 Å². The quantitative estimate of drug-likeness (QED) is 0.795. The predicted octanol–water partition coefficient (Wildman–Crippen LogP) is 2.89. The summed E-state index contributed by atoms with van der Waals surface area (Å²) in [6, 6.07) is 9.71. The Balaban J connectivity index is 2.84. The summed E-state index contributed by atoms with van der Waals surface area (Å²) in [7, 11) is 0. The molecule has 1 aromatic carbocycles. The van der Waals surface area contributed by atoms with E-state index in [9.17, 15) is 9.59 Å². The molecule has 0 fully saturated rings. The van der Waals surface area contributed by atoms with Crippen molar-refractivity contribution < 1.29 is 14.7 Å². The first-order valence-corrected chi connectivity index (χ1v) is 7.15. The van der Waals surface area contributed by atoms with Gasteiger partial charge < -0.3 is 10.0 Å². The van der Waals surface area contributed by atoms with E-state index >= 15 is 0 Å². The molecule has 1 N–H and O–H groups in total. The molecule has 1 atom stereocenters. The van der Waals surface area contributed by atoms with E-state index < -0.39 is 5.97 Å². The first kappa shape index (κ1) is 16.2. The SMILES string of the molecule is CCCC(C(=O)N(CC)CCC(=O)O)c1ccccc1. The Labute approximate surface area is 120 Å². The maximum Gasteiger partial charge on any atom is 0.305 e. The van der Waals surface area contributed by atoms with Gasteiger partial charge in [0.15, 0.2) is 0 Å². The van der Waals surface area contributed by atoms with Crippen LogP contribution in [0.25, 0.3) is 0 Å². The monoisotopic (exact) mass is 277 g/mol. The number of carboxylic acid groups (broad SMARTS) is 1. The molecule has 4 nitrogen and oxygen atoms in total. The summed E-state index contributed by atoms with van der Waals surface area (Å²) in [6.07, 6.45) is 1.70. The summed E-state index contributed by atoms with van der Waals surface area (Å²) in [5.74, 6) is -1.01. The van der Waals surface area contributed by atoms with Crippen LogP contribution in [0.1, 0.15) is 44.6 Å². The molecule has 0 bridgehead atoms. The van der Waals surface area contributed by atoms with Gasteiger partial charge >= 0.3 is 5.97 Å². The fourth-order valence-corrected chi connectivity index (χ4v) is 2.28. The van der Waals surface area contributed by atoms with Crippen LogP contribution >= 0.6 is 0 Å². The molecule has 1 aromatic rings.